The van der Waals surface area contributed by atoms with Crippen LogP contribution >= 0.6 is 34.7 Å². The zero-order chi connectivity index (χ0) is 20.2. The normalized spacial score (nSPS) is 10.8. The monoisotopic (exact) mass is 442 g/mol. The van der Waals surface area contributed by atoms with Gasteiger partial charge in [0, 0.05) is 16.3 Å². The van der Waals surface area contributed by atoms with Gasteiger partial charge in [-0.25, -0.2) is 0 Å². The first kappa shape index (κ1) is 19.6. The van der Waals surface area contributed by atoms with Gasteiger partial charge in [0.15, 0.2) is 10.1 Å². The molecule has 0 aliphatic rings. The van der Waals surface area contributed by atoms with Gasteiger partial charge in [0.05, 0.1) is 5.69 Å². The number of carbonyl (C=O) groups excluding carboxylic acids is 1. The van der Waals surface area contributed by atoms with Gasteiger partial charge >= 0.3 is 0 Å². The first-order valence-corrected chi connectivity index (χ1v) is 10.8. The molecule has 0 aliphatic carbocycles. The lowest BCUT2D eigenvalue weighted by Crippen LogP contribution is -2.13. The third-order valence-corrected chi connectivity index (χ3v) is 6.45. The smallest absolute Gasteiger partial charge is 0.263 e. The Morgan fingerprint density at radius 1 is 1.14 bits per heavy atom. The van der Waals surface area contributed by atoms with E-state index >= 15 is 0 Å². The number of anilines is 1. The average Bonchev–Trinajstić information content (AvgIpc) is 3.34. The number of amides is 1. The van der Waals surface area contributed by atoms with Gasteiger partial charge in [0.1, 0.15) is 5.56 Å². The van der Waals surface area contributed by atoms with Crippen molar-refractivity contribution in [3.63, 3.8) is 0 Å². The van der Waals surface area contributed by atoms with Crippen molar-refractivity contribution in [1.29, 1.82) is 0 Å². The number of aryl methyl sites for hydroxylation is 1. The number of aromatic nitrogens is 3. The summed E-state index contributed by atoms with van der Waals surface area (Å²) >= 11 is 9.00. The van der Waals surface area contributed by atoms with E-state index in [1.165, 1.54) is 23.1 Å². The van der Waals surface area contributed by atoms with Crippen molar-refractivity contribution in [2.45, 2.75) is 17.0 Å². The summed E-state index contributed by atoms with van der Waals surface area (Å²) < 4.78 is 6.13. The van der Waals surface area contributed by atoms with Crippen LogP contribution in [0.15, 0.2) is 63.5 Å². The van der Waals surface area contributed by atoms with Crippen LogP contribution in [0.3, 0.4) is 0 Å². The highest BCUT2D eigenvalue weighted by Crippen LogP contribution is 2.31. The molecule has 4 rings (SSSR count). The van der Waals surface area contributed by atoms with Crippen LogP contribution in [0.5, 0.6) is 0 Å². The van der Waals surface area contributed by atoms with Crippen LogP contribution in [0.4, 0.5) is 5.13 Å². The Morgan fingerprint density at radius 3 is 2.69 bits per heavy atom. The second-order valence-corrected chi connectivity index (χ2v) is 8.65. The summed E-state index contributed by atoms with van der Waals surface area (Å²) in [5.41, 5.74) is 2.70. The molecular formula is C20H15ClN4O2S2. The SMILES string of the molecule is Cc1noc(-c2ccccc2)c1C(=O)Nc1nnc(SCc2ccccc2Cl)s1. The number of benzene rings is 2. The van der Waals surface area contributed by atoms with Crippen molar-refractivity contribution in [1.82, 2.24) is 15.4 Å². The van der Waals surface area contributed by atoms with Crippen molar-refractivity contribution in [3.8, 4) is 11.3 Å². The fourth-order valence-electron chi connectivity index (χ4n) is 2.66. The van der Waals surface area contributed by atoms with Crippen LogP contribution < -0.4 is 5.32 Å². The molecule has 0 unspecified atom stereocenters. The molecule has 0 saturated carbocycles. The Hall–Kier alpha value is -2.68. The van der Waals surface area contributed by atoms with Crippen molar-refractivity contribution in [2.75, 3.05) is 5.32 Å². The molecule has 0 saturated heterocycles. The summed E-state index contributed by atoms with van der Waals surface area (Å²) in [5.74, 6) is 0.769. The molecule has 0 radical (unpaired) electrons. The zero-order valence-electron chi connectivity index (χ0n) is 15.3. The maximum atomic E-state index is 12.8. The van der Waals surface area contributed by atoms with E-state index in [1.54, 1.807) is 6.92 Å². The van der Waals surface area contributed by atoms with Crippen molar-refractivity contribution >= 4 is 45.7 Å². The first-order valence-electron chi connectivity index (χ1n) is 8.64. The van der Waals surface area contributed by atoms with Gasteiger partial charge in [-0.15, -0.1) is 10.2 Å². The van der Waals surface area contributed by atoms with E-state index in [4.69, 9.17) is 16.1 Å². The zero-order valence-corrected chi connectivity index (χ0v) is 17.6. The van der Waals surface area contributed by atoms with Gasteiger partial charge in [-0.1, -0.05) is 88.4 Å². The summed E-state index contributed by atoms with van der Waals surface area (Å²) in [6.45, 7) is 1.73. The van der Waals surface area contributed by atoms with Crippen molar-refractivity contribution < 1.29 is 9.32 Å². The molecule has 2 heterocycles. The second kappa shape index (κ2) is 8.77. The molecule has 0 atom stereocenters. The molecule has 2 aromatic heterocycles. The number of halogens is 1. The Morgan fingerprint density at radius 2 is 1.90 bits per heavy atom. The molecule has 0 aliphatic heterocycles. The van der Waals surface area contributed by atoms with E-state index in [9.17, 15) is 4.79 Å². The number of carbonyl (C=O) groups is 1. The quantitative estimate of drug-likeness (QED) is 0.304. The van der Waals surface area contributed by atoms with Crippen molar-refractivity contribution in [2.24, 2.45) is 0 Å². The molecule has 0 fully saturated rings. The van der Waals surface area contributed by atoms with Gasteiger partial charge in [-0.3, -0.25) is 10.1 Å². The Balaban J connectivity index is 1.46. The first-order chi connectivity index (χ1) is 14.1. The van der Waals surface area contributed by atoms with Crippen molar-refractivity contribution in [3.05, 3.63) is 76.4 Å². The third kappa shape index (κ3) is 4.50. The number of hydrogen-bond acceptors (Lipinski definition) is 7. The van der Waals surface area contributed by atoms with E-state index in [2.05, 4.69) is 20.7 Å². The number of hydrogen-bond donors (Lipinski definition) is 1. The molecule has 1 amide bonds. The summed E-state index contributed by atoms with van der Waals surface area (Å²) in [5, 5.41) is 16.1. The Bertz CT molecular complexity index is 1140. The highest BCUT2D eigenvalue weighted by Gasteiger charge is 2.23. The average molecular weight is 443 g/mol. The van der Waals surface area contributed by atoms with Crippen LogP contribution in [0, 0.1) is 6.92 Å². The van der Waals surface area contributed by atoms with Gasteiger partial charge in [-0.2, -0.15) is 0 Å². The van der Waals surface area contributed by atoms with E-state index in [1.807, 2.05) is 54.6 Å². The lowest BCUT2D eigenvalue weighted by molar-refractivity contribution is 0.102. The maximum Gasteiger partial charge on any atom is 0.263 e. The molecule has 0 bridgehead atoms. The van der Waals surface area contributed by atoms with Gasteiger partial charge in [0.25, 0.3) is 5.91 Å². The fraction of sp³-hybridized carbons (Fsp3) is 0.100. The van der Waals surface area contributed by atoms with Crippen LogP contribution in [0.1, 0.15) is 21.6 Å². The van der Waals surface area contributed by atoms with E-state index in [0.29, 0.717) is 27.9 Å². The minimum Gasteiger partial charge on any atom is -0.355 e. The molecule has 2 aromatic carbocycles. The molecule has 146 valence electrons. The second-order valence-electron chi connectivity index (χ2n) is 6.05. The van der Waals surface area contributed by atoms with E-state index < -0.39 is 0 Å². The maximum absolute atomic E-state index is 12.8. The Kier molecular flexibility index (Phi) is 5.94. The number of rotatable bonds is 6. The highest BCUT2D eigenvalue weighted by atomic mass is 35.5. The minimum atomic E-state index is -0.332. The Labute approximate surface area is 180 Å². The molecule has 6 nitrogen and oxygen atoms in total. The third-order valence-electron chi connectivity index (χ3n) is 4.06. The summed E-state index contributed by atoms with van der Waals surface area (Å²) in [7, 11) is 0. The standard InChI is InChI=1S/C20H15ClN4O2S2/c1-12-16(17(27-25-12)13-7-3-2-4-8-13)18(26)22-19-23-24-20(29-19)28-11-14-9-5-6-10-15(14)21/h2-10H,11H2,1H3,(H,22,23,26). The lowest BCUT2D eigenvalue weighted by Gasteiger charge is -2.02. The van der Waals surface area contributed by atoms with Crippen LogP contribution in [0.25, 0.3) is 11.3 Å². The lowest BCUT2D eigenvalue weighted by atomic mass is 10.1. The number of thioether (sulfide) groups is 1. The largest absolute Gasteiger partial charge is 0.355 e. The van der Waals surface area contributed by atoms with Gasteiger partial charge in [0.2, 0.25) is 5.13 Å². The summed E-state index contributed by atoms with van der Waals surface area (Å²) in [6.07, 6.45) is 0. The summed E-state index contributed by atoms with van der Waals surface area (Å²) in [6, 6.07) is 17.0. The molecule has 1 N–H and O–H groups in total. The fourth-order valence-corrected chi connectivity index (χ4v) is 4.69. The minimum absolute atomic E-state index is 0.332. The van der Waals surface area contributed by atoms with E-state index in [0.717, 1.165) is 20.5 Å². The number of nitrogens with one attached hydrogen (secondary N) is 1. The number of nitrogens with zero attached hydrogens (tertiary/aromatic N) is 3. The van der Waals surface area contributed by atoms with Crippen LogP contribution in [0.2, 0.25) is 5.02 Å². The summed E-state index contributed by atoms with van der Waals surface area (Å²) in [4.78, 5) is 12.8. The molecule has 29 heavy (non-hydrogen) atoms. The van der Waals surface area contributed by atoms with Gasteiger partial charge < -0.3 is 4.52 Å². The highest BCUT2D eigenvalue weighted by molar-refractivity contribution is 8.00. The molecule has 9 heteroatoms. The predicted molar refractivity (Wildman–Crippen MR) is 116 cm³/mol. The molecule has 0 spiro atoms. The van der Waals surface area contributed by atoms with Crippen LogP contribution in [-0.4, -0.2) is 21.3 Å². The predicted octanol–water partition coefficient (Wildman–Crippen LogP) is 5.70. The van der Waals surface area contributed by atoms with Gasteiger partial charge in [-0.05, 0) is 18.6 Å². The molecule has 4 aromatic rings. The topological polar surface area (TPSA) is 80.9 Å². The van der Waals surface area contributed by atoms with E-state index in [-0.39, 0.29) is 5.91 Å². The molecular weight excluding hydrogens is 428 g/mol. The van der Waals surface area contributed by atoms with Crippen LogP contribution in [-0.2, 0) is 5.75 Å².